The maximum Gasteiger partial charge on any atom is 0.123 e. The van der Waals surface area contributed by atoms with Crippen LogP contribution in [0.3, 0.4) is 0 Å². The summed E-state index contributed by atoms with van der Waals surface area (Å²) in [6, 6.07) is 5.32. The van der Waals surface area contributed by atoms with Gasteiger partial charge in [0.15, 0.2) is 0 Å². The van der Waals surface area contributed by atoms with Crippen molar-refractivity contribution in [2.45, 2.75) is 64.3 Å². The SMILES string of the molecule is Cc1cc(F)ccc1CC(CCC1CCCCC1)NN. The minimum absolute atomic E-state index is 0.161. The molecule has 20 heavy (non-hydrogen) atoms. The highest BCUT2D eigenvalue weighted by Gasteiger charge is 2.16. The maximum atomic E-state index is 13.1. The van der Waals surface area contributed by atoms with Crippen LogP contribution in [0.5, 0.6) is 0 Å². The molecule has 1 aliphatic carbocycles. The predicted octanol–water partition coefficient (Wildman–Crippen LogP) is 3.87. The average Bonchev–Trinajstić information content (AvgIpc) is 2.46. The molecule has 1 atom stereocenters. The van der Waals surface area contributed by atoms with Gasteiger partial charge in [0.05, 0.1) is 0 Å². The lowest BCUT2D eigenvalue weighted by Crippen LogP contribution is -2.37. The Labute approximate surface area is 121 Å². The zero-order valence-electron chi connectivity index (χ0n) is 12.5. The molecule has 2 rings (SSSR count). The third kappa shape index (κ3) is 4.57. The van der Waals surface area contributed by atoms with Gasteiger partial charge in [-0.05, 0) is 55.4 Å². The van der Waals surface area contributed by atoms with Gasteiger partial charge in [-0.1, -0.05) is 38.2 Å². The number of nitrogens with two attached hydrogens (primary N) is 1. The van der Waals surface area contributed by atoms with Crippen LogP contribution in [0.25, 0.3) is 0 Å². The van der Waals surface area contributed by atoms with E-state index in [0.717, 1.165) is 24.3 Å². The Morgan fingerprint density at radius 1 is 1.30 bits per heavy atom. The molecule has 1 fully saturated rings. The number of benzene rings is 1. The van der Waals surface area contributed by atoms with E-state index >= 15 is 0 Å². The molecule has 112 valence electrons. The molecule has 0 bridgehead atoms. The van der Waals surface area contributed by atoms with Crippen LogP contribution >= 0.6 is 0 Å². The molecule has 0 aromatic heterocycles. The van der Waals surface area contributed by atoms with Crippen molar-refractivity contribution in [1.82, 2.24) is 5.43 Å². The fourth-order valence-corrected chi connectivity index (χ4v) is 3.31. The molecule has 0 heterocycles. The molecule has 3 heteroatoms. The second kappa shape index (κ2) is 7.75. The molecule has 0 aliphatic heterocycles. The van der Waals surface area contributed by atoms with Gasteiger partial charge in [-0.15, -0.1) is 0 Å². The number of aryl methyl sites for hydroxylation is 1. The van der Waals surface area contributed by atoms with E-state index in [1.807, 2.05) is 13.0 Å². The van der Waals surface area contributed by atoms with Crippen LogP contribution in [0.1, 0.15) is 56.1 Å². The van der Waals surface area contributed by atoms with Crippen LogP contribution < -0.4 is 11.3 Å². The normalized spacial score (nSPS) is 18.1. The molecule has 1 aromatic carbocycles. The van der Waals surface area contributed by atoms with E-state index in [1.165, 1.54) is 50.2 Å². The molecular weight excluding hydrogens is 251 g/mol. The summed E-state index contributed by atoms with van der Waals surface area (Å²) in [5.74, 6) is 6.41. The first kappa shape index (κ1) is 15.5. The Hall–Kier alpha value is -0.930. The molecular formula is C17H27FN2. The predicted molar refractivity (Wildman–Crippen MR) is 81.8 cm³/mol. The van der Waals surface area contributed by atoms with Crippen molar-refractivity contribution in [3.63, 3.8) is 0 Å². The van der Waals surface area contributed by atoms with Gasteiger partial charge in [-0.3, -0.25) is 11.3 Å². The van der Waals surface area contributed by atoms with E-state index < -0.39 is 0 Å². The van der Waals surface area contributed by atoms with Crippen molar-refractivity contribution in [1.29, 1.82) is 0 Å². The van der Waals surface area contributed by atoms with Crippen molar-refractivity contribution in [2.75, 3.05) is 0 Å². The van der Waals surface area contributed by atoms with Crippen LogP contribution in [0.4, 0.5) is 4.39 Å². The van der Waals surface area contributed by atoms with E-state index in [0.29, 0.717) is 6.04 Å². The average molecular weight is 278 g/mol. The summed E-state index contributed by atoms with van der Waals surface area (Å²) in [6.07, 6.45) is 10.2. The first-order valence-corrected chi connectivity index (χ1v) is 7.90. The van der Waals surface area contributed by atoms with E-state index in [-0.39, 0.29) is 5.82 Å². The molecule has 0 radical (unpaired) electrons. The summed E-state index contributed by atoms with van der Waals surface area (Å²) in [4.78, 5) is 0. The minimum Gasteiger partial charge on any atom is -0.271 e. The summed E-state index contributed by atoms with van der Waals surface area (Å²) >= 11 is 0. The first-order valence-electron chi connectivity index (χ1n) is 7.90. The lowest BCUT2D eigenvalue weighted by Gasteiger charge is -2.24. The summed E-state index contributed by atoms with van der Waals surface area (Å²) in [7, 11) is 0. The van der Waals surface area contributed by atoms with Gasteiger partial charge >= 0.3 is 0 Å². The zero-order chi connectivity index (χ0) is 14.4. The van der Waals surface area contributed by atoms with Crippen LogP contribution in [-0.4, -0.2) is 6.04 Å². The third-order valence-electron chi connectivity index (χ3n) is 4.65. The highest BCUT2D eigenvalue weighted by Crippen LogP contribution is 2.28. The molecule has 1 aromatic rings. The van der Waals surface area contributed by atoms with Crippen LogP contribution in [-0.2, 0) is 6.42 Å². The van der Waals surface area contributed by atoms with Crippen molar-refractivity contribution < 1.29 is 4.39 Å². The molecule has 0 saturated heterocycles. The lowest BCUT2D eigenvalue weighted by molar-refractivity contribution is 0.313. The van der Waals surface area contributed by atoms with Gasteiger partial charge < -0.3 is 0 Å². The quantitative estimate of drug-likeness (QED) is 0.612. The van der Waals surface area contributed by atoms with Gasteiger partial charge in [0.1, 0.15) is 5.82 Å². The van der Waals surface area contributed by atoms with Crippen LogP contribution in [0.2, 0.25) is 0 Å². The van der Waals surface area contributed by atoms with Crippen molar-refractivity contribution in [3.05, 3.63) is 35.1 Å². The monoisotopic (exact) mass is 278 g/mol. The first-order chi connectivity index (χ1) is 9.69. The number of halogens is 1. The second-order valence-electron chi connectivity index (χ2n) is 6.22. The summed E-state index contributed by atoms with van der Waals surface area (Å²) in [5.41, 5.74) is 5.15. The van der Waals surface area contributed by atoms with E-state index in [9.17, 15) is 4.39 Å². The van der Waals surface area contributed by atoms with E-state index in [2.05, 4.69) is 5.43 Å². The molecule has 2 nitrogen and oxygen atoms in total. The lowest BCUT2D eigenvalue weighted by atomic mass is 9.84. The topological polar surface area (TPSA) is 38.0 Å². The van der Waals surface area contributed by atoms with Crippen molar-refractivity contribution >= 4 is 0 Å². The molecule has 1 saturated carbocycles. The number of nitrogens with one attached hydrogen (secondary N) is 1. The van der Waals surface area contributed by atoms with Crippen LogP contribution in [0, 0.1) is 18.7 Å². The molecule has 3 N–H and O–H groups in total. The fraction of sp³-hybridized carbons (Fsp3) is 0.647. The molecule has 1 aliphatic rings. The highest BCUT2D eigenvalue weighted by atomic mass is 19.1. The van der Waals surface area contributed by atoms with E-state index in [4.69, 9.17) is 5.84 Å². The van der Waals surface area contributed by atoms with Gasteiger partial charge in [0.2, 0.25) is 0 Å². The zero-order valence-corrected chi connectivity index (χ0v) is 12.5. The van der Waals surface area contributed by atoms with Gasteiger partial charge in [-0.25, -0.2) is 4.39 Å². The van der Waals surface area contributed by atoms with Crippen molar-refractivity contribution in [2.24, 2.45) is 11.8 Å². The maximum absolute atomic E-state index is 13.1. The number of hydrazine groups is 1. The molecule has 1 unspecified atom stereocenters. The third-order valence-corrected chi connectivity index (χ3v) is 4.65. The Morgan fingerprint density at radius 3 is 2.70 bits per heavy atom. The number of hydrogen-bond donors (Lipinski definition) is 2. The summed E-state index contributed by atoms with van der Waals surface area (Å²) in [6.45, 7) is 1.97. The Balaban J connectivity index is 1.84. The standard InChI is InChI=1S/C17H27FN2/c1-13-11-16(18)9-8-15(13)12-17(20-19)10-7-14-5-3-2-4-6-14/h8-9,11,14,17,20H,2-7,10,12,19H2,1H3. The smallest absolute Gasteiger partial charge is 0.123 e. The molecule has 0 spiro atoms. The van der Waals surface area contributed by atoms with Gasteiger partial charge in [0, 0.05) is 6.04 Å². The van der Waals surface area contributed by atoms with Crippen molar-refractivity contribution in [3.8, 4) is 0 Å². The fourth-order valence-electron chi connectivity index (χ4n) is 3.31. The number of rotatable bonds is 6. The highest BCUT2D eigenvalue weighted by molar-refractivity contribution is 5.27. The van der Waals surface area contributed by atoms with Gasteiger partial charge in [-0.2, -0.15) is 0 Å². The second-order valence-corrected chi connectivity index (χ2v) is 6.22. The number of hydrogen-bond acceptors (Lipinski definition) is 2. The van der Waals surface area contributed by atoms with E-state index in [1.54, 1.807) is 6.07 Å². The van der Waals surface area contributed by atoms with Crippen LogP contribution in [0.15, 0.2) is 18.2 Å². The minimum atomic E-state index is -0.161. The Bertz CT molecular complexity index is 413. The largest absolute Gasteiger partial charge is 0.271 e. The summed E-state index contributed by atoms with van der Waals surface area (Å²) in [5, 5.41) is 0. The Morgan fingerprint density at radius 2 is 2.05 bits per heavy atom. The summed E-state index contributed by atoms with van der Waals surface area (Å²) < 4.78 is 13.1. The van der Waals surface area contributed by atoms with Gasteiger partial charge in [0.25, 0.3) is 0 Å². The Kier molecular flexibility index (Phi) is 5.99. The molecule has 0 amide bonds.